The average Bonchev–Trinajstić information content (AvgIpc) is 3.52. The molecule has 0 spiro atoms. The molecule has 2 N–H and O–H groups in total. The van der Waals surface area contributed by atoms with Crippen LogP contribution in [0.3, 0.4) is 0 Å². The van der Waals surface area contributed by atoms with Crippen LogP contribution in [-0.4, -0.2) is 23.2 Å². The smallest absolute Gasteiger partial charge is 0.335 e. The lowest BCUT2D eigenvalue weighted by atomic mass is 9.72. The fourth-order valence-electron chi connectivity index (χ4n) is 4.90. The summed E-state index contributed by atoms with van der Waals surface area (Å²) < 4.78 is 5.94. The van der Waals surface area contributed by atoms with E-state index in [1.807, 2.05) is 0 Å². The molecule has 0 radical (unpaired) electrons. The Hall–Kier alpha value is -3.39. The average molecular weight is 596 g/mol. The van der Waals surface area contributed by atoms with Crippen molar-refractivity contribution in [1.82, 2.24) is 0 Å². The van der Waals surface area contributed by atoms with Crippen molar-refractivity contribution in [2.45, 2.75) is 40.0 Å². The number of thiophene rings is 1. The Balaban J connectivity index is 1.47. The predicted octanol–water partition coefficient (Wildman–Crippen LogP) is 9.17. The molecule has 1 amide bonds. The summed E-state index contributed by atoms with van der Waals surface area (Å²) in [4.78, 5) is 30.9. The molecule has 5 rings (SSSR count). The SMILES string of the molecule is CC(C)(C)[C@@H]1CCc2c(sc(N=Cc3ccc(-c4cc(C(=O)O)ccc4Cl)o3)c2C(=O)Nc2ccc(Cl)cc2)C1. The van der Waals surface area contributed by atoms with Gasteiger partial charge in [0.15, 0.2) is 0 Å². The predicted molar refractivity (Wildman–Crippen MR) is 162 cm³/mol. The summed E-state index contributed by atoms with van der Waals surface area (Å²) in [5.74, 6) is 0.134. The molecular formula is C31H28Cl2N2O4S. The molecule has 40 heavy (non-hydrogen) atoms. The number of hydrogen-bond acceptors (Lipinski definition) is 5. The van der Waals surface area contributed by atoms with Gasteiger partial charge in [-0.1, -0.05) is 44.0 Å². The largest absolute Gasteiger partial charge is 0.478 e. The maximum absolute atomic E-state index is 13.6. The number of aromatic carboxylic acids is 1. The molecule has 1 atom stereocenters. The highest BCUT2D eigenvalue weighted by atomic mass is 35.5. The highest BCUT2D eigenvalue weighted by Gasteiger charge is 2.33. The number of nitrogens with one attached hydrogen (secondary N) is 1. The van der Waals surface area contributed by atoms with E-state index >= 15 is 0 Å². The molecular weight excluding hydrogens is 567 g/mol. The molecule has 4 aromatic rings. The Kier molecular flexibility index (Phi) is 7.91. The van der Waals surface area contributed by atoms with E-state index in [9.17, 15) is 14.7 Å². The van der Waals surface area contributed by atoms with Crippen molar-refractivity contribution in [1.29, 1.82) is 0 Å². The lowest BCUT2D eigenvalue weighted by molar-refractivity contribution is 0.0696. The van der Waals surface area contributed by atoms with Gasteiger partial charge in [0.05, 0.1) is 22.4 Å². The van der Waals surface area contributed by atoms with Crippen LogP contribution in [0.5, 0.6) is 0 Å². The lowest BCUT2D eigenvalue weighted by Gasteiger charge is -2.33. The molecule has 6 nitrogen and oxygen atoms in total. The Morgan fingerprint density at radius 1 is 1.10 bits per heavy atom. The summed E-state index contributed by atoms with van der Waals surface area (Å²) >= 11 is 13.9. The van der Waals surface area contributed by atoms with Crippen molar-refractivity contribution in [2.24, 2.45) is 16.3 Å². The van der Waals surface area contributed by atoms with Crippen LogP contribution in [0.25, 0.3) is 11.3 Å². The zero-order valence-corrected chi connectivity index (χ0v) is 24.6. The number of halogens is 2. The maximum Gasteiger partial charge on any atom is 0.335 e. The van der Waals surface area contributed by atoms with Gasteiger partial charge in [0, 0.05) is 21.2 Å². The lowest BCUT2D eigenvalue weighted by Crippen LogP contribution is -2.27. The fraction of sp³-hybridized carbons (Fsp3) is 0.258. The minimum Gasteiger partial charge on any atom is -0.478 e. The quantitative estimate of drug-likeness (QED) is 0.218. The van der Waals surface area contributed by atoms with Crippen LogP contribution in [0.2, 0.25) is 10.0 Å². The zero-order valence-electron chi connectivity index (χ0n) is 22.3. The third-order valence-electron chi connectivity index (χ3n) is 7.22. The number of anilines is 1. The van der Waals surface area contributed by atoms with Crippen molar-refractivity contribution < 1.29 is 19.1 Å². The summed E-state index contributed by atoms with van der Waals surface area (Å²) in [7, 11) is 0. The number of furan rings is 1. The second kappa shape index (κ2) is 11.2. The number of hydrogen-bond donors (Lipinski definition) is 2. The van der Waals surface area contributed by atoms with Crippen LogP contribution in [-0.2, 0) is 12.8 Å². The van der Waals surface area contributed by atoms with Gasteiger partial charge >= 0.3 is 5.97 Å². The Morgan fingerprint density at radius 3 is 2.55 bits per heavy atom. The second-order valence-electron chi connectivity index (χ2n) is 10.9. The normalized spacial score (nSPS) is 15.3. The van der Waals surface area contributed by atoms with E-state index in [0.29, 0.717) is 49.3 Å². The first kappa shape index (κ1) is 28.1. The monoisotopic (exact) mass is 594 g/mol. The molecule has 0 saturated carbocycles. The molecule has 0 fully saturated rings. The molecule has 2 aromatic carbocycles. The van der Waals surface area contributed by atoms with E-state index in [2.05, 4.69) is 26.1 Å². The van der Waals surface area contributed by atoms with Gasteiger partial charge in [-0.2, -0.15) is 0 Å². The molecule has 0 aliphatic heterocycles. The standard InChI is InChI=1S/C31H28Cl2N2O4S/c1-31(2,3)18-5-11-22-26(15-18)40-29(27(22)28(36)35-20-8-6-19(32)7-9-20)34-16-21-10-13-25(39-21)23-14-17(30(37)38)4-12-24(23)33/h4,6-10,12-14,16,18H,5,11,15H2,1-3H3,(H,35,36)(H,37,38)/t18-/m1/s1. The molecule has 2 aromatic heterocycles. The van der Waals surface area contributed by atoms with Crippen LogP contribution >= 0.6 is 34.5 Å². The van der Waals surface area contributed by atoms with Gasteiger partial charge in [-0.3, -0.25) is 4.79 Å². The number of carboxylic acid groups (broad SMARTS) is 1. The van der Waals surface area contributed by atoms with Crippen molar-refractivity contribution in [2.75, 3.05) is 5.32 Å². The number of rotatable bonds is 6. The Morgan fingerprint density at radius 2 is 1.85 bits per heavy atom. The first-order valence-electron chi connectivity index (χ1n) is 12.9. The van der Waals surface area contributed by atoms with E-state index < -0.39 is 5.97 Å². The third kappa shape index (κ3) is 6.02. The summed E-state index contributed by atoms with van der Waals surface area (Å²) in [6.45, 7) is 6.78. The Bertz CT molecular complexity index is 1610. The second-order valence-corrected chi connectivity index (χ2v) is 12.8. The summed E-state index contributed by atoms with van der Waals surface area (Å²) in [6, 6.07) is 14.9. The van der Waals surface area contributed by atoms with E-state index in [-0.39, 0.29) is 16.9 Å². The minimum atomic E-state index is -1.05. The molecule has 9 heteroatoms. The van der Waals surface area contributed by atoms with Gasteiger partial charge in [-0.05, 0) is 90.8 Å². The van der Waals surface area contributed by atoms with E-state index in [1.165, 1.54) is 23.1 Å². The van der Waals surface area contributed by atoms with Crippen LogP contribution < -0.4 is 5.32 Å². The topological polar surface area (TPSA) is 91.9 Å². The van der Waals surface area contributed by atoms with Gasteiger partial charge in [0.2, 0.25) is 0 Å². The van der Waals surface area contributed by atoms with Gasteiger partial charge in [0.25, 0.3) is 5.91 Å². The first-order chi connectivity index (χ1) is 19.0. The number of aliphatic imine (C=N–C) groups is 1. The molecule has 0 unspecified atom stereocenters. The van der Waals surface area contributed by atoms with Crippen molar-refractivity contribution in [3.63, 3.8) is 0 Å². The molecule has 0 saturated heterocycles. The van der Waals surface area contributed by atoms with E-state index in [4.69, 9.17) is 32.6 Å². The van der Waals surface area contributed by atoms with Gasteiger partial charge in [0.1, 0.15) is 16.5 Å². The highest BCUT2D eigenvalue weighted by molar-refractivity contribution is 7.16. The number of carbonyl (C=O) groups is 2. The number of benzene rings is 2. The molecule has 1 aliphatic carbocycles. The van der Waals surface area contributed by atoms with Crippen LogP contribution in [0.15, 0.2) is 64.0 Å². The van der Waals surface area contributed by atoms with Crippen LogP contribution in [0.4, 0.5) is 10.7 Å². The number of amides is 1. The maximum atomic E-state index is 13.6. The molecule has 206 valence electrons. The van der Waals surface area contributed by atoms with Crippen LogP contribution in [0, 0.1) is 11.3 Å². The third-order valence-corrected chi connectivity index (χ3v) is 8.96. The Labute approximate surface area is 246 Å². The highest BCUT2D eigenvalue weighted by Crippen LogP contribution is 2.45. The zero-order chi connectivity index (χ0) is 28.6. The summed E-state index contributed by atoms with van der Waals surface area (Å²) in [5, 5.41) is 13.9. The molecule has 1 aliphatic rings. The minimum absolute atomic E-state index is 0.111. The number of carboxylic acids is 1. The van der Waals surface area contributed by atoms with Crippen molar-refractivity contribution in [3.8, 4) is 11.3 Å². The van der Waals surface area contributed by atoms with Gasteiger partial charge < -0.3 is 14.8 Å². The molecule has 2 heterocycles. The summed E-state index contributed by atoms with van der Waals surface area (Å²) in [6.07, 6.45) is 4.31. The first-order valence-corrected chi connectivity index (χ1v) is 14.5. The van der Waals surface area contributed by atoms with Gasteiger partial charge in [-0.15, -0.1) is 11.3 Å². The van der Waals surface area contributed by atoms with E-state index in [1.54, 1.807) is 53.9 Å². The van der Waals surface area contributed by atoms with Gasteiger partial charge in [-0.25, -0.2) is 9.79 Å². The fourth-order valence-corrected chi connectivity index (χ4v) is 6.50. The van der Waals surface area contributed by atoms with Crippen LogP contribution in [0.1, 0.15) is 64.1 Å². The number of nitrogens with zero attached hydrogens (tertiary/aromatic N) is 1. The molecule has 0 bridgehead atoms. The van der Waals surface area contributed by atoms with E-state index in [0.717, 1.165) is 24.8 Å². The van der Waals surface area contributed by atoms with Crippen molar-refractivity contribution >= 4 is 63.3 Å². The summed E-state index contributed by atoms with van der Waals surface area (Å²) in [5.41, 5.74) is 3.05. The number of fused-ring (bicyclic) bond motifs is 1. The number of carbonyl (C=O) groups excluding carboxylic acids is 1. The van der Waals surface area contributed by atoms with Crippen molar-refractivity contribution in [3.05, 3.63) is 92.0 Å².